The maximum atomic E-state index is 4.48. The Balaban J connectivity index is 2.09. The van der Waals surface area contributed by atoms with E-state index in [1.165, 1.54) is 60.1 Å². The average Bonchev–Trinajstić information content (AvgIpc) is 3.03. The number of benzene rings is 2. The molecule has 0 aliphatic rings. The first kappa shape index (κ1) is 18.1. The Labute approximate surface area is 178 Å². The number of rotatable bonds is 1. The van der Waals surface area contributed by atoms with Crippen molar-refractivity contribution in [1.29, 1.82) is 0 Å². The van der Waals surface area contributed by atoms with E-state index >= 15 is 0 Å². The second-order valence-corrected chi connectivity index (χ2v) is 20.5. The molecule has 0 amide bonds. The van der Waals surface area contributed by atoms with Gasteiger partial charge >= 0.3 is 179 Å². The van der Waals surface area contributed by atoms with Crippen LogP contribution in [0, 0.1) is 13.8 Å². The minimum atomic E-state index is -2.02. The molecule has 0 unspecified atom stereocenters. The fourth-order valence-corrected chi connectivity index (χ4v) is 7.61. The average molecular weight is 453 g/mol. The van der Waals surface area contributed by atoms with Crippen molar-refractivity contribution >= 4 is 66.7 Å². The van der Waals surface area contributed by atoms with Gasteiger partial charge in [-0.15, -0.1) is 0 Å². The molecule has 0 fully saturated rings. The normalized spacial score (nSPS) is 13.0. The van der Waals surface area contributed by atoms with Crippen LogP contribution in [0.3, 0.4) is 0 Å². The van der Waals surface area contributed by atoms with Gasteiger partial charge in [0, 0.05) is 0 Å². The number of pyridine rings is 3. The van der Waals surface area contributed by atoms with Crippen LogP contribution in [0.1, 0.15) is 11.1 Å². The summed E-state index contributed by atoms with van der Waals surface area (Å²) >= 11 is -2.02. The van der Waals surface area contributed by atoms with E-state index in [0.29, 0.717) is 0 Å². The monoisotopic (exact) mass is 454 g/mol. The van der Waals surface area contributed by atoms with Gasteiger partial charge in [-0.3, -0.25) is 0 Å². The van der Waals surface area contributed by atoms with Gasteiger partial charge in [-0.05, 0) is 0 Å². The van der Waals surface area contributed by atoms with E-state index in [9.17, 15) is 0 Å². The Bertz CT molecular complexity index is 1650. The molecular formula is C26H26GeN3+. The van der Waals surface area contributed by atoms with Crippen molar-refractivity contribution in [2.24, 2.45) is 7.05 Å². The molecule has 6 rings (SSSR count). The van der Waals surface area contributed by atoms with Gasteiger partial charge in [0.1, 0.15) is 0 Å². The molecule has 2 aromatic carbocycles. The molecule has 6 aromatic rings. The summed E-state index contributed by atoms with van der Waals surface area (Å²) < 4.78 is 6.37. The third-order valence-electron chi connectivity index (χ3n) is 6.93. The van der Waals surface area contributed by atoms with Crippen LogP contribution in [0.4, 0.5) is 0 Å². The van der Waals surface area contributed by atoms with Crippen molar-refractivity contribution in [2.75, 3.05) is 0 Å². The van der Waals surface area contributed by atoms with Crippen LogP contribution in [0.15, 0.2) is 48.9 Å². The van der Waals surface area contributed by atoms with Crippen molar-refractivity contribution in [3.8, 4) is 0 Å². The summed E-state index contributed by atoms with van der Waals surface area (Å²) in [5, 5.41) is 6.63. The fraction of sp³-hybridized carbons (Fsp3) is 0.231. The van der Waals surface area contributed by atoms with E-state index in [4.69, 9.17) is 0 Å². The van der Waals surface area contributed by atoms with E-state index in [2.05, 4.69) is 88.6 Å². The molecule has 0 atom stereocenters. The molecule has 0 N–H and O–H groups in total. The Morgan fingerprint density at radius 2 is 1.73 bits per heavy atom. The molecule has 30 heavy (non-hydrogen) atoms. The standard InChI is InChI=1S/C26H26GeN3/c1-15-11-19-20-14-28-9-7-21(20)30-22-13-18(27(3,4)5)12-17-8-10-29(6)26(24(17)22)23(16(15)2)25(19)30/h7-14H,1-6H3/q+1. The predicted molar refractivity (Wildman–Crippen MR) is 130 cm³/mol. The second-order valence-electron chi connectivity index (χ2n) is 9.80. The Morgan fingerprint density at radius 3 is 2.50 bits per heavy atom. The van der Waals surface area contributed by atoms with Gasteiger partial charge in [-0.2, -0.15) is 0 Å². The summed E-state index contributed by atoms with van der Waals surface area (Å²) in [4.78, 5) is 4.48. The summed E-state index contributed by atoms with van der Waals surface area (Å²) in [6.07, 6.45) is 6.19. The summed E-state index contributed by atoms with van der Waals surface area (Å²) in [6.45, 7) is 4.50. The third kappa shape index (κ3) is 2.16. The van der Waals surface area contributed by atoms with Crippen molar-refractivity contribution in [2.45, 2.75) is 31.1 Å². The van der Waals surface area contributed by atoms with Crippen LogP contribution in [0.5, 0.6) is 0 Å². The van der Waals surface area contributed by atoms with E-state index in [0.717, 1.165) is 0 Å². The number of fused-ring (bicyclic) bond motifs is 5. The SMILES string of the molecule is Cc1cc2c3cnccc3n3c4c[c]([Ge]([CH3])([CH3])[CH3])cc5cc[n+](C)c(c(c1C)c23)c54. The van der Waals surface area contributed by atoms with E-state index < -0.39 is 13.3 Å². The first-order valence-corrected chi connectivity index (χ1v) is 18.0. The maximum absolute atomic E-state index is 4.48. The number of hydrogen-bond donors (Lipinski definition) is 0. The Morgan fingerprint density at radius 1 is 0.933 bits per heavy atom. The van der Waals surface area contributed by atoms with Crippen molar-refractivity contribution < 1.29 is 4.57 Å². The quantitative estimate of drug-likeness (QED) is 0.142. The summed E-state index contributed by atoms with van der Waals surface area (Å²) in [7, 11) is 2.18. The minimum absolute atomic E-state index is 1.24. The molecule has 0 spiro atoms. The van der Waals surface area contributed by atoms with Crippen LogP contribution in [-0.2, 0) is 7.05 Å². The van der Waals surface area contributed by atoms with Gasteiger partial charge in [0.25, 0.3) is 0 Å². The summed E-state index contributed by atoms with van der Waals surface area (Å²) in [6, 6.07) is 11.8. The molecule has 0 radical (unpaired) electrons. The van der Waals surface area contributed by atoms with Crippen molar-refractivity contribution in [3.05, 3.63) is 60.0 Å². The predicted octanol–water partition coefficient (Wildman–Crippen LogP) is 5.37. The number of nitrogens with zero attached hydrogens (tertiary/aromatic N) is 3. The first-order chi connectivity index (χ1) is 14.3. The summed E-state index contributed by atoms with van der Waals surface area (Å²) in [5.41, 5.74) is 7.95. The van der Waals surface area contributed by atoms with Crippen molar-refractivity contribution in [1.82, 2.24) is 9.38 Å². The van der Waals surface area contributed by atoms with Crippen LogP contribution in [0.25, 0.3) is 49.0 Å². The number of hydrogen-bond acceptors (Lipinski definition) is 1. The molecule has 0 aliphatic carbocycles. The van der Waals surface area contributed by atoms with Gasteiger partial charge in [0.15, 0.2) is 0 Å². The van der Waals surface area contributed by atoms with Crippen LogP contribution >= 0.6 is 0 Å². The van der Waals surface area contributed by atoms with Gasteiger partial charge < -0.3 is 0 Å². The Kier molecular flexibility index (Phi) is 3.46. The molecule has 0 saturated carbocycles. The van der Waals surface area contributed by atoms with E-state index in [-0.39, 0.29) is 0 Å². The molecule has 3 nitrogen and oxygen atoms in total. The fourth-order valence-electron chi connectivity index (χ4n) is 5.18. The van der Waals surface area contributed by atoms with Crippen LogP contribution in [0.2, 0.25) is 17.3 Å². The van der Waals surface area contributed by atoms with Crippen LogP contribution in [-0.4, -0.2) is 22.7 Å². The molecule has 148 valence electrons. The molecule has 4 aromatic heterocycles. The van der Waals surface area contributed by atoms with Gasteiger partial charge in [0.05, 0.1) is 0 Å². The van der Waals surface area contributed by atoms with E-state index in [1.807, 2.05) is 12.4 Å². The topological polar surface area (TPSA) is 21.2 Å². The first-order valence-electron chi connectivity index (χ1n) is 10.6. The van der Waals surface area contributed by atoms with Gasteiger partial charge in [-0.25, -0.2) is 0 Å². The number of aryl methyl sites for hydroxylation is 3. The Hall–Kier alpha value is -2.66. The van der Waals surface area contributed by atoms with Gasteiger partial charge in [0.2, 0.25) is 0 Å². The molecular weight excluding hydrogens is 427 g/mol. The van der Waals surface area contributed by atoms with Crippen molar-refractivity contribution in [3.63, 3.8) is 0 Å². The molecule has 0 aliphatic heterocycles. The number of aromatic nitrogens is 3. The molecule has 4 heterocycles. The zero-order valence-corrected chi connectivity index (χ0v) is 20.6. The van der Waals surface area contributed by atoms with Gasteiger partial charge in [-0.1, -0.05) is 0 Å². The third-order valence-corrected chi connectivity index (χ3v) is 11.2. The molecule has 4 heteroatoms. The zero-order chi connectivity index (χ0) is 20.9. The molecule has 0 saturated heterocycles. The van der Waals surface area contributed by atoms with Crippen LogP contribution < -0.4 is 8.96 Å². The second kappa shape index (κ2) is 5.73. The summed E-state index contributed by atoms with van der Waals surface area (Å²) in [5.74, 6) is 7.44. The molecule has 0 bridgehead atoms. The zero-order valence-electron chi connectivity index (χ0n) is 18.5. The van der Waals surface area contributed by atoms with E-state index in [1.54, 1.807) is 4.40 Å².